The van der Waals surface area contributed by atoms with E-state index in [9.17, 15) is 14.7 Å². The lowest BCUT2D eigenvalue weighted by Gasteiger charge is -2.36. The molecular formula is C13H19N2O8+. The predicted molar refractivity (Wildman–Crippen MR) is 73.1 cm³/mol. The topological polar surface area (TPSA) is 129 Å². The van der Waals surface area contributed by atoms with Crippen LogP contribution in [0.1, 0.15) is 20.8 Å². The van der Waals surface area contributed by atoms with Crippen LogP contribution in [0, 0.1) is 5.39 Å². The van der Waals surface area contributed by atoms with E-state index < -0.39 is 48.2 Å². The van der Waals surface area contributed by atoms with Gasteiger partial charge in [0.1, 0.15) is 6.10 Å². The number of diazo groups is 1. The fraction of sp³-hybridized carbons (Fsp3) is 0.692. The average molecular weight is 331 g/mol. The molecule has 23 heavy (non-hydrogen) atoms. The number of aliphatic hydroxyl groups is 1. The molecule has 1 heterocycles. The number of esters is 2. The maximum Gasteiger partial charge on any atom is 0.483 e. The minimum Gasteiger partial charge on any atom is -0.475 e. The SMILES string of the molecule is CO/C(O)=C(\[N+]#N)C(OC(C)=O)[C@@H]1O[C@H](C)OC[C@H]1OC(C)=O. The predicted octanol–water partition coefficient (Wildman–Crippen LogP) is 0.838. The molecule has 1 aliphatic rings. The summed E-state index contributed by atoms with van der Waals surface area (Å²) in [6.45, 7) is 3.86. The first-order valence-corrected chi connectivity index (χ1v) is 6.73. The van der Waals surface area contributed by atoms with Crippen molar-refractivity contribution in [2.24, 2.45) is 0 Å². The molecule has 0 spiro atoms. The Morgan fingerprint density at radius 3 is 2.48 bits per heavy atom. The Hall–Kier alpha value is -2.38. The molecule has 128 valence electrons. The van der Waals surface area contributed by atoms with Gasteiger partial charge in [0.2, 0.25) is 11.5 Å². The zero-order chi connectivity index (χ0) is 17.6. The van der Waals surface area contributed by atoms with Crippen molar-refractivity contribution in [1.82, 2.24) is 0 Å². The van der Waals surface area contributed by atoms with Gasteiger partial charge in [-0.25, -0.2) is 0 Å². The Balaban J connectivity index is 3.22. The summed E-state index contributed by atoms with van der Waals surface area (Å²) in [6.07, 6.45) is -4.10. The van der Waals surface area contributed by atoms with Gasteiger partial charge < -0.3 is 28.8 Å². The molecule has 0 amide bonds. The monoisotopic (exact) mass is 331 g/mol. The normalized spacial score (nSPS) is 26.3. The number of methoxy groups -OCH3 is 1. The van der Waals surface area contributed by atoms with E-state index in [1.807, 2.05) is 0 Å². The largest absolute Gasteiger partial charge is 0.483 e. The van der Waals surface area contributed by atoms with E-state index in [0.29, 0.717) is 0 Å². The Morgan fingerprint density at radius 2 is 2.00 bits per heavy atom. The van der Waals surface area contributed by atoms with Crippen molar-refractivity contribution < 1.29 is 38.4 Å². The second-order valence-corrected chi connectivity index (χ2v) is 4.67. The molecule has 0 bridgehead atoms. The van der Waals surface area contributed by atoms with Crippen LogP contribution in [0.4, 0.5) is 0 Å². The van der Waals surface area contributed by atoms with Crippen LogP contribution in [0.25, 0.3) is 4.98 Å². The average Bonchev–Trinajstić information content (AvgIpc) is 2.47. The lowest BCUT2D eigenvalue weighted by molar-refractivity contribution is -0.267. The lowest BCUT2D eigenvalue weighted by atomic mass is 10.0. The lowest BCUT2D eigenvalue weighted by Crippen LogP contribution is -2.52. The van der Waals surface area contributed by atoms with Crippen molar-refractivity contribution in [2.45, 2.75) is 45.4 Å². The van der Waals surface area contributed by atoms with Gasteiger partial charge in [0.05, 0.1) is 13.7 Å². The number of hydrogen-bond acceptors (Lipinski definition) is 9. The van der Waals surface area contributed by atoms with Crippen LogP contribution in [0.5, 0.6) is 0 Å². The van der Waals surface area contributed by atoms with Crippen molar-refractivity contribution in [3.05, 3.63) is 16.6 Å². The first kappa shape index (κ1) is 18.7. The van der Waals surface area contributed by atoms with Crippen LogP contribution in [0.2, 0.25) is 0 Å². The van der Waals surface area contributed by atoms with E-state index >= 15 is 0 Å². The number of hydrogen-bond donors (Lipinski definition) is 1. The van der Waals surface area contributed by atoms with Crippen LogP contribution < -0.4 is 0 Å². The summed E-state index contributed by atoms with van der Waals surface area (Å²) >= 11 is 0. The van der Waals surface area contributed by atoms with Crippen molar-refractivity contribution in [3.63, 3.8) is 0 Å². The Bertz CT molecular complexity index is 527. The second-order valence-electron chi connectivity index (χ2n) is 4.67. The van der Waals surface area contributed by atoms with E-state index in [1.165, 1.54) is 6.92 Å². The van der Waals surface area contributed by atoms with E-state index in [2.05, 4.69) is 9.71 Å². The molecule has 1 N–H and O–H groups in total. The van der Waals surface area contributed by atoms with E-state index in [1.54, 1.807) is 6.92 Å². The minimum atomic E-state index is -1.38. The van der Waals surface area contributed by atoms with Gasteiger partial charge in [-0.15, -0.1) is 0 Å². The van der Waals surface area contributed by atoms with Gasteiger partial charge in [-0.2, -0.15) is 0 Å². The van der Waals surface area contributed by atoms with Crippen molar-refractivity contribution in [1.29, 1.82) is 5.39 Å². The number of carbonyl (C=O) groups excluding carboxylic acids is 2. The zero-order valence-corrected chi connectivity index (χ0v) is 13.2. The highest BCUT2D eigenvalue weighted by atomic mass is 16.7. The number of ether oxygens (including phenoxy) is 5. The third-order valence-electron chi connectivity index (χ3n) is 2.91. The zero-order valence-electron chi connectivity index (χ0n) is 13.2. The molecule has 0 aromatic rings. The van der Waals surface area contributed by atoms with E-state index in [0.717, 1.165) is 14.0 Å². The first-order valence-electron chi connectivity index (χ1n) is 6.73. The van der Waals surface area contributed by atoms with Crippen molar-refractivity contribution in [2.75, 3.05) is 13.7 Å². The first-order chi connectivity index (χ1) is 10.8. The van der Waals surface area contributed by atoms with Gasteiger partial charge in [0.15, 0.2) is 17.4 Å². The fourth-order valence-corrected chi connectivity index (χ4v) is 2.04. The molecule has 0 aromatic carbocycles. The van der Waals surface area contributed by atoms with Crippen LogP contribution in [0.15, 0.2) is 11.6 Å². The summed E-state index contributed by atoms with van der Waals surface area (Å²) in [5.41, 5.74) is -0.487. The van der Waals surface area contributed by atoms with Gasteiger partial charge in [-0.3, -0.25) is 9.59 Å². The highest BCUT2D eigenvalue weighted by molar-refractivity contribution is 5.67. The molecule has 1 aliphatic heterocycles. The van der Waals surface area contributed by atoms with Gasteiger partial charge in [-0.05, 0) is 6.92 Å². The molecule has 0 radical (unpaired) electrons. The number of aliphatic hydroxyl groups excluding tert-OH is 1. The summed E-state index contributed by atoms with van der Waals surface area (Å²) in [5.74, 6) is -2.11. The smallest absolute Gasteiger partial charge is 0.475 e. The van der Waals surface area contributed by atoms with E-state index in [4.69, 9.17) is 24.3 Å². The van der Waals surface area contributed by atoms with Gasteiger partial charge >= 0.3 is 23.6 Å². The summed E-state index contributed by atoms with van der Waals surface area (Å²) in [5, 5.41) is 18.8. The quantitative estimate of drug-likeness (QED) is 0.442. The molecular weight excluding hydrogens is 312 g/mol. The van der Waals surface area contributed by atoms with Crippen molar-refractivity contribution >= 4 is 11.9 Å². The highest BCUT2D eigenvalue weighted by Gasteiger charge is 2.49. The van der Waals surface area contributed by atoms with E-state index in [-0.39, 0.29) is 6.61 Å². The van der Waals surface area contributed by atoms with Crippen LogP contribution in [-0.2, 0) is 33.3 Å². The molecule has 1 saturated heterocycles. The van der Waals surface area contributed by atoms with Crippen LogP contribution in [-0.4, -0.2) is 55.4 Å². The molecule has 1 fully saturated rings. The summed E-state index contributed by atoms with van der Waals surface area (Å²) in [4.78, 5) is 25.5. The standard InChI is InChI=1S/C13H18N2O8/c1-6(16)21-9-5-20-8(3)23-11(9)12(22-7(2)17)10(15-14)13(18)19-4/h8-9,11-12H,5H2,1-4H3/p+1/b13-10-/t8-,9-,11-,12?/m1/s1. The second kappa shape index (κ2) is 8.30. The fourth-order valence-electron chi connectivity index (χ4n) is 2.04. The summed E-state index contributed by atoms with van der Waals surface area (Å²) in [7, 11) is 1.13. The van der Waals surface area contributed by atoms with Gasteiger partial charge in [-0.1, -0.05) is 0 Å². The Kier molecular flexibility index (Phi) is 6.74. The summed E-state index contributed by atoms with van der Waals surface area (Å²) < 4.78 is 25.5. The Labute approximate surface area is 132 Å². The Morgan fingerprint density at radius 1 is 1.35 bits per heavy atom. The van der Waals surface area contributed by atoms with Crippen LogP contribution >= 0.6 is 0 Å². The number of rotatable bonds is 5. The van der Waals surface area contributed by atoms with Crippen LogP contribution in [0.3, 0.4) is 0 Å². The maximum atomic E-state index is 11.4. The van der Waals surface area contributed by atoms with Gasteiger partial charge in [0, 0.05) is 13.8 Å². The highest BCUT2D eigenvalue weighted by Crippen LogP contribution is 2.27. The molecule has 1 rings (SSSR count). The number of nitrogens with zero attached hydrogens (tertiary/aromatic N) is 2. The molecule has 0 saturated carbocycles. The minimum absolute atomic E-state index is 0.0321. The number of carbonyl (C=O) groups is 2. The van der Waals surface area contributed by atoms with Gasteiger partial charge in [0.25, 0.3) is 0 Å². The third kappa shape index (κ3) is 5.08. The molecule has 10 nitrogen and oxygen atoms in total. The molecule has 0 aliphatic carbocycles. The maximum absolute atomic E-state index is 11.4. The van der Waals surface area contributed by atoms with Crippen molar-refractivity contribution in [3.8, 4) is 0 Å². The molecule has 0 aromatic heterocycles. The molecule has 4 atom stereocenters. The summed E-state index contributed by atoms with van der Waals surface area (Å²) in [6, 6.07) is 0. The molecule has 1 unspecified atom stereocenters. The molecule has 10 heteroatoms. The third-order valence-corrected chi connectivity index (χ3v) is 2.91.